The number of aromatic nitrogens is 4. The second-order valence-corrected chi connectivity index (χ2v) is 6.57. The summed E-state index contributed by atoms with van der Waals surface area (Å²) < 4.78 is 1.85. The first-order valence-corrected chi connectivity index (χ1v) is 8.77. The van der Waals surface area contributed by atoms with Crippen LogP contribution in [0.2, 0.25) is 0 Å². The SMILES string of the molecule is NC(=O)N[C@H]1CC[C@H](Nc2ccc3ncc(-c4ccncc4)n3n2)CC1. The number of hydrogen-bond acceptors (Lipinski definition) is 5. The monoisotopic (exact) mass is 351 g/mol. The van der Waals surface area contributed by atoms with Crippen molar-refractivity contribution < 1.29 is 4.79 Å². The number of rotatable bonds is 4. The number of nitrogens with two attached hydrogens (primary N) is 1. The summed E-state index contributed by atoms with van der Waals surface area (Å²) in [5.74, 6) is 0.817. The predicted octanol–water partition coefficient (Wildman–Crippen LogP) is 2.18. The van der Waals surface area contributed by atoms with Gasteiger partial charge in [-0.2, -0.15) is 0 Å². The Balaban J connectivity index is 1.49. The van der Waals surface area contributed by atoms with Gasteiger partial charge in [0, 0.05) is 30.0 Å². The maximum atomic E-state index is 11.0. The standard InChI is InChI=1S/C18H21N7O/c19-18(26)23-14-3-1-13(2-4-14)22-16-5-6-17-21-11-15(25(17)24-16)12-7-9-20-10-8-12/h5-11,13-14H,1-4H2,(H,22,24)(H3,19,23,26)/t13-,14-. The summed E-state index contributed by atoms with van der Waals surface area (Å²) >= 11 is 0. The molecule has 1 aliphatic rings. The molecule has 0 aliphatic heterocycles. The van der Waals surface area contributed by atoms with Gasteiger partial charge in [-0.25, -0.2) is 14.3 Å². The molecule has 0 saturated heterocycles. The van der Waals surface area contributed by atoms with Gasteiger partial charge in [0.15, 0.2) is 5.65 Å². The van der Waals surface area contributed by atoms with Crippen LogP contribution in [0, 0.1) is 0 Å². The number of anilines is 1. The molecule has 3 aromatic heterocycles. The van der Waals surface area contributed by atoms with Crippen LogP contribution in [0.25, 0.3) is 16.9 Å². The number of hydrogen-bond donors (Lipinski definition) is 3. The fourth-order valence-corrected chi connectivity index (χ4v) is 3.46. The number of pyridine rings is 1. The maximum Gasteiger partial charge on any atom is 0.312 e. The van der Waals surface area contributed by atoms with Crippen molar-refractivity contribution in [3.63, 3.8) is 0 Å². The molecule has 0 unspecified atom stereocenters. The van der Waals surface area contributed by atoms with Gasteiger partial charge in [0.1, 0.15) is 5.82 Å². The van der Waals surface area contributed by atoms with Crippen LogP contribution in [0.3, 0.4) is 0 Å². The molecule has 0 aromatic carbocycles. The van der Waals surface area contributed by atoms with Crippen LogP contribution in [0.15, 0.2) is 42.9 Å². The molecule has 0 bridgehead atoms. The van der Waals surface area contributed by atoms with Gasteiger partial charge in [-0.15, -0.1) is 5.10 Å². The third kappa shape index (κ3) is 3.44. The average Bonchev–Trinajstić information content (AvgIpc) is 3.07. The van der Waals surface area contributed by atoms with Crippen molar-refractivity contribution >= 4 is 17.5 Å². The smallest absolute Gasteiger partial charge is 0.312 e. The largest absolute Gasteiger partial charge is 0.366 e. The quantitative estimate of drug-likeness (QED) is 0.667. The zero-order valence-corrected chi connectivity index (χ0v) is 14.3. The Morgan fingerprint density at radius 1 is 1.08 bits per heavy atom. The molecular weight excluding hydrogens is 330 g/mol. The van der Waals surface area contributed by atoms with Crippen LogP contribution in [0.4, 0.5) is 10.6 Å². The lowest BCUT2D eigenvalue weighted by atomic mass is 9.91. The fraction of sp³-hybridized carbons (Fsp3) is 0.333. The summed E-state index contributed by atoms with van der Waals surface area (Å²) in [6.07, 6.45) is 9.09. The molecule has 4 rings (SSSR count). The number of nitrogens with zero attached hydrogens (tertiary/aromatic N) is 4. The molecule has 3 heterocycles. The second-order valence-electron chi connectivity index (χ2n) is 6.57. The van der Waals surface area contributed by atoms with Gasteiger partial charge in [0.25, 0.3) is 0 Å². The van der Waals surface area contributed by atoms with E-state index in [1.54, 1.807) is 12.4 Å². The summed E-state index contributed by atoms with van der Waals surface area (Å²) in [5, 5.41) is 11.0. The number of primary amides is 1. The average molecular weight is 351 g/mol. The van der Waals surface area contributed by atoms with E-state index in [1.807, 2.05) is 35.0 Å². The lowest BCUT2D eigenvalue weighted by Gasteiger charge is -2.29. The molecule has 134 valence electrons. The molecule has 1 saturated carbocycles. The van der Waals surface area contributed by atoms with Gasteiger partial charge < -0.3 is 16.4 Å². The number of amides is 2. The molecule has 8 heteroatoms. The molecule has 0 radical (unpaired) electrons. The van der Waals surface area contributed by atoms with Gasteiger partial charge in [-0.1, -0.05) is 0 Å². The second kappa shape index (κ2) is 6.99. The lowest BCUT2D eigenvalue weighted by Crippen LogP contribution is -2.42. The minimum atomic E-state index is -0.447. The highest BCUT2D eigenvalue weighted by atomic mass is 16.2. The minimum absolute atomic E-state index is 0.174. The molecule has 4 N–H and O–H groups in total. The Kier molecular flexibility index (Phi) is 4.39. The van der Waals surface area contributed by atoms with E-state index >= 15 is 0 Å². The van der Waals surface area contributed by atoms with Crippen molar-refractivity contribution in [2.75, 3.05) is 5.32 Å². The summed E-state index contributed by atoms with van der Waals surface area (Å²) in [7, 11) is 0. The van der Waals surface area contributed by atoms with Crippen molar-refractivity contribution in [2.45, 2.75) is 37.8 Å². The molecule has 1 fully saturated rings. The van der Waals surface area contributed by atoms with Crippen molar-refractivity contribution in [1.29, 1.82) is 0 Å². The molecule has 8 nitrogen and oxygen atoms in total. The third-order valence-electron chi connectivity index (χ3n) is 4.76. The fourth-order valence-electron chi connectivity index (χ4n) is 3.46. The number of nitrogens with one attached hydrogen (secondary N) is 2. The molecule has 26 heavy (non-hydrogen) atoms. The summed E-state index contributed by atoms with van der Waals surface area (Å²) in [5.41, 5.74) is 7.95. The molecular formula is C18H21N7O. The van der Waals surface area contributed by atoms with Crippen molar-refractivity contribution in [2.24, 2.45) is 5.73 Å². The number of fused-ring (bicyclic) bond motifs is 1. The normalized spacial score (nSPS) is 20.0. The van der Waals surface area contributed by atoms with Gasteiger partial charge >= 0.3 is 6.03 Å². The zero-order chi connectivity index (χ0) is 17.9. The number of carbonyl (C=O) groups excluding carboxylic acids is 1. The number of carbonyl (C=O) groups is 1. The van der Waals surface area contributed by atoms with Crippen LogP contribution < -0.4 is 16.4 Å². The van der Waals surface area contributed by atoms with Gasteiger partial charge in [-0.05, 0) is 49.9 Å². The van der Waals surface area contributed by atoms with E-state index in [0.29, 0.717) is 6.04 Å². The Bertz CT molecular complexity index is 900. The van der Waals surface area contributed by atoms with Crippen molar-refractivity contribution in [3.05, 3.63) is 42.9 Å². The number of imidazole rings is 1. The van der Waals surface area contributed by atoms with Crippen LogP contribution in [0.5, 0.6) is 0 Å². The Hall–Kier alpha value is -3.16. The first-order valence-electron chi connectivity index (χ1n) is 8.77. The molecule has 3 aromatic rings. The minimum Gasteiger partial charge on any atom is -0.366 e. The summed E-state index contributed by atoms with van der Waals surface area (Å²) in [4.78, 5) is 19.4. The maximum absolute atomic E-state index is 11.0. The lowest BCUT2D eigenvalue weighted by molar-refractivity contribution is 0.240. The zero-order valence-electron chi connectivity index (χ0n) is 14.3. The van der Waals surface area contributed by atoms with E-state index in [1.165, 1.54) is 0 Å². The van der Waals surface area contributed by atoms with E-state index in [2.05, 4.69) is 20.6 Å². The van der Waals surface area contributed by atoms with Crippen LogP contribution >= 0.6 is 0 Å². The molecule has 2 amide bonds. The summed E-state index contributed by atoms with van der Waals surface area (Å²) in [6, 6.07) is 7.85. The Morgan fingerprint density at radius 2 is 1.81 bits per heavy atom. The highest BCUT2D eigenvalue weighted by Gasteiger charge is 2.22. The van der Waals surface area contributed by atoms with Gasteiger partial charge in [-0.3, -0.25) is 4.98 Å². The van der Waals surface area contributed by atoms with Gasteiger partial charge in [0.05, 0.1) is 11.9 Å². The first-order chi connectivity index (χ1) is 12.7. The first kappa shape index (κ1) is 16.3. The van der Waals surface area contributed by atoms with E-state index in [0.717, 1.165) is 48.4 Å². The predicted molar refractivity (Wildman–Crippen MR) is 98.6 cm³/mol. The summed E-state index contributed by atoms with van der Waals surface area (Å²) in [6.45, 7) is 0. The topological polar surface area (TPSA) is 110 Å². The van der Waals surface area contributed by atoms with Gasteiger partial charge in [0.2, 0.25) is 0 Å². The van der Waals surface area contributed by atoms with Crippen LogP contribution in [0.1, 0.15) is 25.7 Å². The van der Waals surface area contributed by atoms with E-state index in [9.17, 15) is 4.79 Å². The van der Waals surface area contributed by atoms with Crippen LogP contribution in [-0.4, -0.2) is 37.7 Å². The third-order valence-corrected chi connectivity index (χ3v) is 4.76. The van der Waals surface area contributed by atoms with Crippen LogP contribution in [-0.2, 0) is 0 Å². The van der Waals surface area contributed by atoms with E-state index < -0.39 is 6.03 Å². The van der Waals surface area contributed by atoms with E-state index in [4.69, 9.17) is 10.8 Å². The highest BCUT2D eigenvalue weighted by molar-refractivity contribution is 5.72. The van der Waals surface area contributed by atoms with Crippen molar-refractivity contribution in [1.82, 2.24) is 24.9 Å². The highest BCUT2D eigenvalue weighted by Crippen LogP contribution is 2.23. The van der Waals surface area contributed by atoms with E-state index in [-0.39, 0.29) is 6.04 Å². The Labute approximate surface area is 150 Å². The number of urea groups is 1. The molecule has 0 spiro atoms. The molecule has 1 aliphatic carbocycles. The van der Waals surface area contributed by atoms with Crippen molar-refractivity contribution in [3.8, 4) is 11.3 Å². The Morgan fingerprint density at radius 3 is 2.54 bits per heavy atom. The molecule has 0 atom stereocenters.